The number of nitrogens with zero attached hydrogens (tertiary/aromatic N) is 1. The van der Waals surface area contributed by atoms with Crippen LogP contribution in [0.2, 0.25) is 0 Å². The molecule has 3 rings (SSSR count). The summed E-state index contributed by atoms with van der Waals surface area (Å²) in [5, 5.41) is 14.8. The standard InChI is InChI=1S/C13H18N2O3.C7H8ClNO2.C2H6/c1-15-6-7-18-12(9-15)8-14-13(17)10-2-4-11(16)5-3-10;8-7-2-1-6(3-9-7)4-11-5-10;1-2/h2-5,12,16H,6-9H2,1H3,(H,14,17);1-3,5,7,9H,4H2;1-2H3. The maximum absolute atomic E-state index is 11.8. The number of benzene rings is 1. The number of likely N-dealkylation sites (N-methyl/N-ethyl adjacent to an activating group) is 1. The van der Waals surface area contributed by atoms with Crippen molar-refractivity contribution in [1.29, 1.82) is 0 Å². The summed E-state index contributed by atoms with van der Waals surface area (Å²) >= 11 is 5.66. The highest BCUT2D eigenvalue weighted by Crippen LogP contribution is 2.10. The number of hydrogen-bond acceptors (Lipinski definition) is 7. The molecule has 2 heterocycles. The molecule has 1 aromatic carbocycles. The maximum Gasteiger partial charge on any atom is 0.293 e. The highest BCUT2D eigenvalue weighted by Gasteiger charge is 2.18. The molecule has 0 aromatic heterocycles. The molecule has 0 bridgehead atoms. The van der Waals surface area contributed by atoms with Gasteiger partial charge in [0.05, 0.1) is 12.7 Å². The summed E-state index contributed by atoms with van der Waals surface area (Å²) in [6, 6.07) is 6.19. The molecular weight excluding hydrogens is 422 g/mol. The van der Waals surface area contributed by atoms with Crippen LogP contribution in [0.1, 0.15) is 24.2 Å². The van der Waals surface area contributed by atoms with E-state index < -0.39 is 0 Å². The predicted molar refractivity (Wildman–Crippen MR) is 121 cm³/mol. The number of rotatable bonds is 6. The number of ether oxygens (including phenoxy) is 2. The Morgan fingerprint density at radius 2 is 2.10 bits per heavy atom. The van der Waals surface area contributed by atoms with E-state index in [1.807, 2.05) is 27.0 Å². The van der Waals surface area contributed by atoms with E-state index in [0.717, 1.165) is 18.7 Å². The minimum absolute atomic E-state index is 0.0461. The van der Waals surface area contributed by atoms with Crippen LogP contribution < -0.4 is 10.6 Å². The Labute approximate surface area is 188 Å². The van der Waals surface area contributed by atoms with Crippen molar-refractivity contribution in [2.75, 3.05) is 39.9 Å². The van der Waals surface area contributed by atoms with Crippen LogP contribution in [0.5, 0.6) is 5.75 Å². The molecule has 3 N–H and O–H groups in total. The Morgan fingerprint density at radius 1 is 1.39 bits per heavy atom. The predicted octanol–water partition coefficient (Wildman–Crippen LogP) is 2.25. The van der Waals surface area contributed by atoms with Crippen LogP contribution in [0, 0.1) is 0 Å². The van der Waals surface area contributed by atoms with E-state index >= 15 is 0 Å². The molecule has 9 heteroatoms. The smallest absolute Gasteiger partial charge is 0.293 e. The quantitative estimate of drug-likeness (QED) is 0.345. The molecule has 1 fully saturated rings. The maximum atomic E-state index is 11.8. The summed E-state index contributed by atoms with van der Waals surface area (Å²) in [7, 11) is 2.04. The average molecular weight is 454 g/mol. The Bertz CT molecular complexity index is 724. The summed E-state index contributed by atoms with van der Waals surface area (Å²) in [6.45, 7) is 7.68. The number of alkyl halides is 1. The van der Waals surface area contributed by atoms with Gasteiger partial charge in [0.15, 0.2) is 0 Å². The number of nitrogens with one attached hydrogen (secondary N) is 2. The molecule has 0 radical (unpaired) electrons. The SMILES string of the molecule is CC.CN1CCOC(CNC(=O)c2ccc(O)cc2)C1.O=COCC1=CNC(Cl)C=C1. The molecule has 172 valence electrons. The summed E-state index contributed by atoms with van der Waals surface area (Å²) in [5.41, 5.74) is 1.28. The fourth-order valence-electron chi connectivity index (χ4n) is 2.63. The molecule has 1 aromatic rings. The van der Waals surface area contributed by atoms with Crippen molar-refractivity contribution < 1.29 is 24.2 Å². The van der Waals surface area contributed by atoms with Crippen molar-refractivity contribution >= 4 is 24.0 Å². The summed E-state index contributed by atoms with van der Waals surface area (Å²) < 4.78 is 10.1. The number of morpholine rings is 1. The first-order valence-electron chi connectivity index (χ1n) is 10.2. The minimum Gasteiger partial charge on any atom is -0.508 e. The second kappa shape index (κ2) is 15.3. The van der Waals surface area contributed by atoms with Crippen molar-refractivity contribution in [3.63, 3.8) is 0 Å². The number of carbonyl (C=O) groups is 2. The van der Waals surface area contributed by atoms with E-state index in [1.54, 1.807) is 24.4 Å². The van der Waals surface area contributed by atoms with Crippen LogP contribution in [0.3, 0.4) is 0 Å². The zero-order valence-electron chi connectivity index (χ0n) is 18.2. The molecule has 0 aliphatic carbocycles. The van der Waals surface area contributed by atoms with Gasteiger partial charge >= 0.3 is 0 Å². The second-order valence-corrected chi connectivity index (χ2v) is 7.04. The zero-order chi connectivity index (χ0) is 23.1. The van der Waals surface area contributed by atoms with Crippen molar-refractivity contribution in [3.8, 4) is 5.75 Å². The summed E-state index contributed by atoms with van der Waals surface area (Å²) in [5.74, 6) is 0.00983. The van der Waals surface area contributed by atoms with Crippen LogP contribution in [-0.4, -0.2) is 73.9 Å². The van der Waals surface area contributed by atoms with E-state index in [0.29, 0.717) is 25.2 Å². The molecule has 0 spiro atoms. The molecule has 2 unspecified atom stereocenters. The van der Waals surface area contributed by atoms with Crippen LogP contribution in [0.4, 0.5) is 0 Å². The number of dihydropyridines is 1. The number of hydrogen-bond donors (Lipinski definition) is 3. The average Bonchev–Trinajstić information content (AvgIpc) is 2.79. The third-order valence-corrected chi connectivity index (χ3v) is 4.46. The van der Waals surface area contributed by atoms with Gasteiger partial charge in [-0.05, 0) is 37.4 Å². The van der Waals surface area contributed by atoms with Gasteiger partial charge in [-0.15, -0.1) is 0 Å². The molecule has 0 saturated carbocycles. The van der Waals surface area contributed by atoms with Gasteiger partial charge in [0.1, 0.15) is 17.9 Å². The van der Waals surface area contributed by atoms with Crippen molar-refractivity contribution in [3.05, 3.63) is 53.8 Å². The highest BCUT2D eigenvalue weighted by molar-refractivity contribution is 6.21. The van der Waals surface area contributed by atoms with E-state index in [4.69, 9.17) is 21.4 Å². The fourth-order valence-corrected chi connectivity index (χ4v) is 2.77. The Hall–Kier alpha value is -2.55. The lowest BCUT2D eigenvalue weighted by molar-refractivity contribution is -0.127. The van der Waals surface area contributed by atoms with Gasteiger partial charge in [-0.3, -0.25) is 9.59 Å². The van der Waals surface area contributed by atoms with Gasteiger partial charge in [-0.25, -0.2) is 0 Å². The molecule has 2 aliphatic heterocycles. The van der Waals surface area contributed by atoms with Crippen LogP contribution in [0.25, 0.3) is 0 Å². The number of phenolic OH excluding ortho intramolecular Hbond substituents is 1. The van der Waals surface area contributed by atoms with E-state index in [-0.39, 0.29) is 29.9 Å². The fraction of sp³-hybridized carbons (Fsp3) is 0.455. The number of halogens is 1. The summed E-state index contributed by atoms with van der Waals surface area (Å²) in [6.07, 6.45) is 5.37. The number of aromatic hydroxyl groups is 1. The summed E-state index contributed by atoms with van der Waals surface area (Å²) in [4.78, 5) is 23.8. The Morgan fingerprint density at radius 3 is 2.68 bits per heavy atom. The van der Waals surface area contributed by atoms with Gasteiger partial charge in [-0.2, -0.15) is 0 Å². The first-order valence-corrected chi connectivity index (χ1v) is 10.6. The first kappa shape index (κ1) is 26.5. The molecule has 2 atom stereocenters. The van der Waals surface area contributed by atoms with Gasteiger partial charge in [0.25, 0.3) is 12.4 Å². The lowest BCUT2D eigenvalue weighted by Crippen LogP contribution is -2.45. The van der Waals surface area contributed by atoms with Gasteiger partial charge in [-0.1, -0.05) is 31.5 Å². The third-order valence-electron chi connectivity index (χ3n) is 4.19. The lowest BCUT2D eigenvalue weighted by atomic mass is 10.2. The zero-order valence-corrected chi connectivity index (χ0v) is 19.0. The van der Waals surface area contributed by atoms with Crippen LogP contribution in [-0.2, 0) is 14.3 Å². The lowest BCUT2D eigenvalue weighted by Gasteiger charge is -2.30. The number of amides is 1. The largest absolute Gasteiger partial charge is 0.508 e. The van der Waals surface area contributed by atoms with Gasteiger partial charge in [0, 0.05) is 37.0 Å². The highest BCUT2D eigenvalue weighted by atomic mass is 35.5. The molecule has 1 amide bonds. The molecule has 8 nitrogen and oxygen atoms in total. The molecule has 1 saturated heterocycles. The minimum atomic E-state index is -0.157. The van der Waals surface area contributed by atoms with Gasteiger partial charge in [0.2, 0.25) is 0 Å². The third kappa shape index (κ3) is 10.9. The Balaban J connectivity index is 0.000000317. The number of phenols is 1. The van der Waals surface area contributed by atoms with E-state index in [9.17, 15) is 9.59 Å². The van der Waals surface area contributed by atoms with Crippen molar-refractivity contribution in [2.24, 2.45) is 0 Å². The first-order chi connectivity index (χ1) is 15.0. The number of carbonyl (C=O) groups excluding carboxylic acids is 2. The van der Waals surface area contributed by atoms with E-state index in [1.165, 1.54) is 12.1 Å². The van der Waals surface area contributed by atoms with Crippen molar-refractivity contribution in [2.45, 2.75) is 25.5 Å². The molecular formula is C22H32ClN3O5. The molecule has 31 heavy (non-hydrogen) atoms. The monoisotopic (exact) mass is 453 g/mol. The topological polar surface area (TPSA) is 100 Å². The second-order valence-electron chi connectivity index (χ2n) is 6.57. The van der Waals surface area contributed by atoms with Crippen LogP contribution >= 0.6 is 11.6 Å². The normalized spacial score (nSPS) is 19.9. The molecule has 2 aliphatic rings. The van der Waals surface area contributed by atoms with Crippen molar-refractivity contribution in [1.82, 2.24) is 15.5 Å². The van der Waals surface area contributed by atoms with Gasteiger partial charge < -0.3 is 30.1 Å². The van der Waals surface area contributed by atoms with Crippen LogP contribution in [0.15, 0.2) is 48.2 Å². The Kier molecular flexibility index (Phi) is 13.1. The van der Waals surface area contributed by atoms with E-state index in [2.05, 4.69) is 20.3 Å².